The third kappa shape index (κ3) is 3.81. The Balaban J connectivity index is 1.71. The van der Waals surface area contributed by atoms with Gasteiger partial charge in [0, 0.05) is 18.0 Å². The molecule has 0 bridgehead atoms. The molecule has 0 saturated heterocycles. The summed E-state index contributed by atoms with van der Waals surface area (Å²) in [5.41, 5.74) is 2.65. The fraction of sp³-hybridized carbons (Fsp3) is 0.200. The number of ether oxygens (including phenoxy) is 2. The molecule has 4 rings (SSSR count). The molecule has 27 heavy (non-hydrogen) atoms. The highest BCUT2D eigenvalue weighted by molar-refractivity contribution is 7.27. The van der Waals surface area contributed by atoms with Gasteiger partial charge in [0.25, 0.3) is 5.56 Å². The molecule has 2 heterocycles. The van der Waals surface area contributed by atoms with Crippen LogP contribution in [0.25, 0.3) is 0 Å². The first-order valence-electron chi connectivity index (χ1n) is 8.68. The highest BCUT2D eigenvalue weighted by Crippen LogP contribution is 2.36. The Morgan fingerprint density at radius 2 is 1.85 bits per heavy atom. The van der Waals surface area contributed by atoms with Crippen LogP contribution in [0.15, 0.2) is 53.5 Å². The van der Waals surface area contributed by atoms with E-state index in [-0.39, 0.29) is 5.56 Å². The van der Waals surface area contributed by atoms with Gasteiger partial charge in [-0.1, -0.05) is 39.6 Å². The van der Waals surface area contributed by atoms with Crippen molar-refractivity contribution in [2.75, 3.05) is 18.5 Å². The second-order valence-corrected chi connectivity index (χ2v) is 7.00. The topological polar surface area (TPSA) is 65.4 Å². The Hall–Kier alpha value is -2.85. The summed E-state index contributed by atoms with van der Waals surface area (Å²) in [5.74, 6) is 1.91. The lowest BCUT2D eigenvalue weighted by Crippen LogP contribution is -2.27. The van der Waals surface area contributed by atoms with Crippen LogP contribution >= 0.6 is 9.24 Å². The predicted octanol–water partition coefficient (Wildman–Crippen LogP) is 2.62. The van der Waals surface area contributed by atoms with Crippen LogP contribution in [-0.2, 0) is 6.54 Å². The molecule has 1 N–H and O–H groups in total. The number of nitrogens with one attached hydrogen (secondary N) is 1. The van der Waals surface area contributed by atoms with E-state index in [1.54, 1.807) is 6.20 Å². The van der Waals surface area contributed by atoms with Crippen molar-refractivity contribution in [3.05, 3.63) is 70.1 Å². The summed E-state index contributed by atoms with van der Waals surface area (Å²) < 4.78 is 13.2. The molecule has 0 aliphatic carbocycles. The van der Waals surface area contributed by atoms with E-state index < -0.39 is 0 Å². The minimum atomic E-state index is -0.276. The van der Waals surface area contributed by atoms with Crippen LogP contribution in [0.4, 0.5) is 11.6 Å². The van der Waals surface area contributed by atoms with Crippen molar-refractivity contribution in [2.45, 2.75) is 13.5 Å². The van der Waals surface area contributed by atoms with E-state index in [0.29, 0.717) is 36.8 Å². The number of fused-ring (bicyclic) bond motifs is 1. The van der Waals surface area contributed by atoms with Gasteiger partial charge < -0.3 is 19.4 Å². The predicted molar refractivity (Wildman–Crippen MR) is 109 cm³/mol. The van der Waals surface area contributed by atoms with Crippen molar-refractivity contribution in [3.63, 3.8) is 0 Å². The van der Waals surface area contributed by atoms with Crippen molar-refractivity contribution >= 4 is 26.2 Å². The normalized spacial score (nSPS) is 12.7. The van der Waals surface area contributed by atoms with Crippen molar-refractivity contribution in [2.24, 2.45) is 0 Å². The molecule has 0 spiro atoms. The first-order chi connectivity index (χ1) is 13.1. The molecule has 138 valence electrons. The number of aryl methyl sites for hydroxylation is 1. The second-order valence-electron chi connectivity index (χ2n) is 6.37. The maximum Gasteiger partial charge on any atom is 0.281 e. The van der Waals surface area contributed by atoms with Gasteiger partial charge in [-0.25, -0.2) is 0 Å². The van der Waals surface area contributed by atoms with E-state index in [4.69, 9.17) is 9.47 Å². The molecule has 0 fully saturated rings. The summed E-state index contributed by atoms with van der Waals surface area (Å²) in [5, 5.41) is 3.81. The fourth-order valence-electron chi connectivity index (χ4n) is 2.96. The molecular formula is C20H20N3O3P. The van der Waals surface area contributed by atoms with E-state index >= 15 is 0 Å². The molecule has 3 aromatic rings. The van der Waals surface area contributed by atoms with E-state index in [1.165, 1.54) is 0 Å². The number of rotatable bonds is 4. The highest BCUT2D eigenvalue weighted by Gasteiger charge is 2.16. The van der Waals surface area contributed by atoms with Gasteiger partial charge in [0.1, 0.15) is 13.2 Å². The summed E-state index contributed by atoms with van der Waals surface area (Å²) in [6.07, 6.45) is 1.79. The first kappa shape index (κ1) is 17.6. The summed E-state index contributed by atoms with van der Waals surface area (Å²) in [6.45, 7) is 3.65. The Kier molecular flexibility index (Phi) is 4.82. The maximum atomic E-state index is 12.1. The molecule has 2 aromatic carbocycles. The smallest absolute Gasteiger partial charge is 0.281 e. The van der Waals surface area contributed by atoms with Crippen LogP contribution in [0.1, 0.15) is 11.1 Å². The molecule has 1 aliphatic heterocycles. The minimum absolute atomic E-state index is 0.276. The number of benzene rings is 2. The van der Waals surface area contributed by atoms with E-state index in [9.17, 15) is 4.79 Å². The van der Waals surface area contributed by atoms with Crippen LogP contribution < -0.4 is 25.7 Å². The first-order valence-corrected chi connectivity index (χ1v) is 9.26. The lowest BCUT2D eigenvalue weighted by Gasteiger charge is -2.21. The second kappa shape index (κ2) is 7.41. The van der Waals surface area contributed by atoms with Crippen LogP contribution in [0.2, 0.25) is 0 Å². The third-order valence-corrected chi connectivity index (χ3v) is 4.75. The lowest BCUT2D eigenvalue weighted by atomic mass is 10.1. The Morgan fingerprint density at radius 1 is 1.15 bits per heavy atom. The maximum absolute atomic E-state index is 12.1. The zero-order valence-corrected chi connectivity index (χ0v) is 16.1. The quantitative estimate of drug-likeness (QED) is 0.704. The fourth-order valence-corrected chi connectivity index (χ4v) is 3.20. The summed E-state index contributed by atoms with van der Waals surface area (Å²) in [7, 11) is 2.44. The van der Waals surface area contributed by atoms with Gasteiger partial charge in [0.05, 0.1) is 11.8 Å². The van der Waals surface area contributed by atoms with E-state index in [1.807, 2.05) is 54.0 Å². The number of nitrogens with zero attached hydrogens (tertiary/aromatic N) is 2. The molecule has 1 atom stereocenters. The molecular weight excluding hydrogens is 361 g/mol. The number of hydrogen-bond donors (Lipinski definition) is 1. The van der Waals surface area contributed by atoms with Crippen LogP contribution in [0.3, 0.4) is 0 Å². The molecule has 1 aliphatic rings. The minimum Gasteiger partial charge on any atom is -0.486 e. The summed E-state index contributed by atoms with van der Waals surface area (Å²) in [6, 6.07) is 13.9. The van der Waals surface area contributed by atoms with Gasteiger partial charge in [0.15, 0.2) is 11.5 Å². The molecule has 0 saturated carbocycles. The van der Waals surface area contributed by atoms with Gasteiger partial charge in [-0.3, -0.25) is 4.79 Å². The Morgan fingerprint density at radius 3 is 2.59 bits per heavy atom. The zero-order chi connectivity index (χ0) is 18.8. The Labute approximate surface area is 159 Å². The average Bonchev–Trinajstić information content (AvgIpc) is 2.67. The van der Waals surface area contributed by atoms with Gasteiger partial charge >= 0.3 is 0 Å². The zero-order valence-electron chi connectivity index (χ0n) is 14.9. The highest BCUT2D eigenvalue weighted by atomic mass is 31.0. The number of aromatic nitrogens is 2. The third-order valence-electron chi connectivity index (χ3n) is 4.35. The standard InChI is InChI=1S/C20H20N3O3P/c1-13-9-16-17(26-8-7-25-16)10-15(13)21-20-22-19(24)18(27)12-23(20)11-14-5-3-2-4-6-14/h2-6,9-10,12H,7-8,11,27H2,1H3,(H,21,22,24). The summed E-state index contributed by atoms with van der Waals surface area (Å²) >= 11 is 0. The average molecular weight is 381 g/mol. The van der Waals surface area contributed by atoms with Gasteiger partial charge in [0.2, 0.25) is 5.95 Å². The van der Waals surface area contributed by atoms with Crippen LogP contribution in [-0.4, -0.2) is 22.8 Å². The van der Waals surface area contributed by atoms with E-state index in [2.05, 4.69) is 19.5 Å². The van der Waals surface area contributed by atoms with Gasteiger partial charge in [-0.15, -0.1) is 0 Å². The molecule has 1 unspecified atom stereocenters. The van der Waals surface area contributed by atoms with Crippen molar-refractivity contribution in [1.82, 2.24) is 9.55 Å². The van der Waals surface area contributed by atoms with E-state index in [0.717, 1.165) is 22.6 Å². The van der Waals surface area contributed by atoms with Crippen molar-refractivity contribution < 1.29 is 9.47 Å². The summed E-state index contributed by atoms with van der Waals surface area (Å²) in [4.78, 5) is 16.3. The Bertz CT molecular complexity index is 1030. The lowest BCUT2D eigenvalue weighted by molar-refractivity contribution is 0.171. The number of hydrogen-bond acceptors (Lipinski definition) is 5. The van der Waals surface area contributed by atoms with Gasteiger partial charge in [-0.2, -0.15) is 4.98 Å². The largest absolute Gasteiger partial charge is 0.486 e. The van der Waals surface area contributed by atoms with Crippen molar-refractivity contribution in [1.29, 1.82) is 0 Å². The molecule has 7 heteroatoms. The molecule has 0 amide bonds. The molecule has 0 radical (unpaired) electrons. The monoisotopic (exact) mass is 381 g/mol. The molecule has 6 nitrogen and oxygen atoms in total. The SMILES string of the molecule is Cc1cc2c(cc1Nc1nc(=O)c(P)cn1Cc1ccccc1)OCCO2. The van der Waals surface area contributed by atoms with Crippen molar-refractivity contribution in [3.8, 4) is 11.5 Å². The number of anilines is 2. The van der Waals surface area contributed by atoms with Gasteiger partial charge in [-0.05, 0) is 24.1 Å². The van der Waals surface area contributed by atoms with Crippen LogP contribution in [0, 0.1) is 6.92 Å². The molecule has 1 aromatic heterocycles. The van der Waals surface area contributed by atoms with Crippen LogP contribution in [0.5, 0.6) is 11.5 Å².